The van der Waals surface area contributed by atoms with Crippen molar-refractivity contribution in [3.05, 3.63) is 29.8 Å². The Morgan fingerprint density at radius 1 is 0.889 bits per heavy atom. The van der Waals surface area contributed by atoms with Gasteiger partial charge in [0.25, 0.3) is 0 Å². The van der Waals surface area contributed by atoms with E-state index in [4.69, 9.17) is 5.73 Å². The van der Waals surface area contributed by atoms with Crippen molar-refractivity contribution in [2.75, 3.05) is 70.8 Å². The number of carbonyl (C=O) groups is 3. The van der Waals surface area contributed by atoms with Crippen LogP contribution in [0.5, 0.6) is 0 Å². The minimum atomic E-state index is -0.785. The molecule has 0 bridgehead atoms. The van der Waals surface area contributed by atoms with Crippen LogP contribution >= 0.6 is 11.8 Å². The number of carbonyl (C=O) groups excluding carboxylic acids is 3. The van der Waals surface area contributed by atoms with Crippen LogP contribution in [0.25, 0.3) is 0 Å². The molecule has 1 aliphatic rings. The van der Waals surface area contributed by atoms with Crippen molar-refractivity contribution in [2.24, 2.45) is 5.73 Å². The number of rotatable bonds is 24. The smallest absolute Gasteiger partial charge is 0.240 e. The summed E-state index contributed by atoms with van der Waals surface area (Å²) in [6, 6.07) is 7.38. The van der Waals surface area contributed by atoms with E-state index in [0.717, 1.165) is 83.5 Å². The zero-order valence-electron chi connectivity index (χ0n) is 28.6. The first-order valence-corrected chi connectivity index (χ1v) is 18.2. The van der Waals surface area contributed by atoms with Gasteiger partial charge in [-0.3, -0.25) is 14.4 Å². The van der Waals surface area contributed by atoms with Crippen LogP contribution in [0.3, 0.4) is 0 Å². The molecule has 5 N–H and O–H groups in total. The SMILES string of the molecule is CCCCN(CCCC)CCNC(=O)[C@@H](N)C1S[C@H](CNc2ccc(CCCC(=O)NCCN(CC)CC)cc2)C(=O)N1CC. The molecule has 1 aliphatic heterocycles. The first-order chi connectivity index (χ1) is 21.8. The molecule has 1 aromatic rings. The summed E-state index contributed by atoms with van der Waals surface area (Å²) in [6.45, 7) is 18.6. The van der Waals surface area contributed by atoms with Crippen molar-refractivity contribution >= 4 is 35.2 Å². The first-order valence-electron chi connectivity index (χ1n) is 17.3. The Morgan fingerprint density at radius 3 is 2.11 bits per heavy atom. The maximum Gasteiger partial charge on any atom is 0.240 e. The molecule has 3 amide bonds. The normalized spacial score (nSPS) is 17.2. The fourth-order valence-electron chi connectivity index (χ4n) is 5.48. The van der Waals surface area contributed by atoms with Crippen molar-refractivity contribution in [1.29, 1.82) is 0 Å². The van der Waals surface area contributed by atoms with E-state index >= 15 is 0 Å². The minimum absolute atomic E-state index is 0.0144. The number of nitrogens with zero attached hydrogens (tertiary/aromatic N) is 3. The molecule has 1 saturated heterocycles. The number of unbranched alkanes of at least 4 members (excludes halogenated alkanes) is 2. The lowest BCUT2D eigenvalue weighted by Gasteiger charge is -2.27. The van der Waals surface area contributed by atoms with E-state index in [1.165, 1.54) is 17.3 Å². The van der Waals surface area contributed by atoms with Gasteiger partial charge in [-0.1, -0.05) is 52.7 Å². The molecule has 0 spiro atoms. The molecule has 3 atom stereocenters. The van der Waals surface area contributed by atoms with Gasteiger partial charge in [0.15, 0.2) is 0 Å². The van der Waals surface area contributed by atoms with Crippen LogP contribution < -0.4 is 21.7 Å². The molecule has 11 heteroatoms. The Labute approximate surface area is 277 Å². The molecule has 2 rings (SSSR count). The Kier molecular flexibility index (Phi) is 19.2. The van der Waals surface area contributed by atoms with Crippen LogP contribution in [0.4, 0.5) is 5.69 Å². The van der Waals surface area contributed by atoms with E-state index < -0.39 is 6.04 Å². The van der Waals surface area contributed by atoms with E-state index in [-0.39, 0.29) is 28.3 Å². The van der Waals surface area contributed by atoms with Gasteiger partial charge in [-0.15, -0.1) is 11.8 Å². The van der Waals surface area contributed by atoms with E-state index in [1.807, 2.05) is 19.1 Å². The summed E-state index contributed by atoms with van der Waals surface area (Å²) in [5.41, 5.74) is 8.54. The third kappa shape index (κ3) is 13.9. The molecular weight excluding hydrogens is 586 g/mol. The molecule has 0 radical (unpaired) electrons. The molecule has 10 nitrogen and oxygen atoms in total. The van der Waals surface area contributed by atoms with Gasteiger partial charge in [-0.25, -0.2) is 0 Å². The van der Waals surface area contributed by atoms with E-state index in [9.17, 15) is 14.4 Å². The Bertz CT molecular complexity index is 985. The number of hydrogen-bond donors (Lipinski definition) is 4. The highest BCUT2D eigenvalue weighted by molar-refractivity contribution is 8.01. The van der Waals surface area contributed by atoms with Crippen LogP contribution in [0.2, 0.25) is 0 Å². The van der Waals surface area contributed by atoms with Gasteiger partial charge < -0.3 is 36.4 Å². The zero-order valence-corrected chi connectivity index (χ0v) is 29.4. The van der Waals surface area contributed by atoms with E-state index in [1.54, 1.807) is 4.90 Å². The third-order valence-electron chi connectivity index (χ3n) is 8.46. The lowest BCUT2D eigenvalue weighted by molar-refractivity contribution is -0.131. The predicted octanol–water partition coefficient (Wildman–Crippen LogP) is 3.51. The summed E-state index contributed by atoms with van der Waals surface area (Å²) in [4.78, 5) is 44.8. The molecule has 45 heavy (non-hydrogen) atoms. The molecule has 0 aromatic heterocycles. The monoisotopic (exact) mass is 647 g/mol. The van der Waals surface area contributed by atoms with Gasteiger partial charge in [-0.05, 0) is 76.5 Å². The number of nitrogens with one attached hydrogen (secondary N) is 3. The Balaban J connectivity index is 1.77. The molecule has 1 heterocycles. The standard InChI is InChI=1S/C34H61N7O3S/c1-6-11-22-40(23-12-7-2)25-21-37-32(43)31(35)34-41(10-5)33(44)29(45-34)26-38-28-18-16-27(17-19-28)14-13-15-30(42)36-20-24-39(8-3)9-4/h16-19,29,31,34,38H,6-15,20-26,35H2,1-5H3,(H,36,42)(H,37,43)/t29-,31-,34?/m1/s1. The van der Waals surface area contributed by atoms with Crippen molar-refractivity contribution in [3.63, 3.8) is 0 Å². The number of benzene rings is 1. The average Bonchev–Trinajstić information content (AvgIpc) is 3.37. The van der Waals surface area contributed by atoms with Crippen molar-refractivity contribution in [1.82, 2.24) is 25.3 Å². The van der Waals surface area contributed by atoms with Crippen molar-refractivity contribution in [3.8, 4) is 0 Å². The molecule has 0 aliphatic carbocycles. The summed E-state index contributed by atoms with van der Waals surface area (Å²) in [5, 5.41) is 8.73. The molecule has 1 aromatic carbocycles. The summed E-state index contributed by atoms with van der Waals surface area (Å²) >= 11 is 1.47. The number of thioether (sulfide) groups is 1. The molecule has 1 unspecified atom stereocenters. The highest BCUT2D eigenvalue weighted by Gasteiger charge is 2.44. The largest absolute Gasteiger partial charge is 0.383 e. The van der Waals surface area contributed by atoms with Gasteiger partial charge in [0.05, 0.1) is 0 Å². The number of nitrogens with two attached hydrogens (primary N) is 1. The maximum atomic E-state index is 13.2. The Morgan fingerprint density at radius 2 is 1.51 bits per heavy atom. The second-order valence-electron chi connectivity index (χ2n) is 11.8. The van der Waals surface area contributed by atoms with Gasteiger partial charge in [0.2, 0.25) is 17.7 Å². The summed E-state index contributed by atoms with van der Waals surface area (Å²) < 4.78 is 0. The van der Waals surface area contributed by atoms with Gasteiger partial charge in [-0.2, -0.15) is 0 Å². The van der Waals surface area contributed by atoms with Gasteiger partial charge in [0.1, 0.15) is 16.7 Å². The molecule has 0 saturated carbocycles. The second-order valence-corrected chi connectivity index (χ2v) is 13.1. The van der Waals surface area contributed by atoms with Gasteiger partial charge in [0, 0.05) is 51.4 Å². The molecule has 256 valence electrons. The lowest BCUT2D eigenvalue weighted by atomic mass is 10.1. The number of anilines is 1. The predicted molar refractivity (Wildman–Crippen MR) is 188 cm³/mol. The number of likely N-dealkylation sites (N-methyl/N-ethyl adjacent to an activating group) is 2. The first kappa shape index (κ1) is 38.8. The summed E-state index contributed by atoms with van der Waals surface area (Å²) in [7, 11) is 0. The van der Waals surface area contributed by atoms with Crippen LogP contribution in [0.1, 0.15) is 78.7 Å². The maximum absolute atomic E-state index is 13.2. The average molecular weight is 648 g/mol. The van der Waals surface area contributed by atoms with Crippen LogP contribution in [0, 0.1) is 0 Å². The van der Waals surface area contributed by atoms with Crippen LogP contribution in [-0.2, 0) is 20.8 Å². The molecule has 1 fully saturated rings. The lowest BCUT2D eigenvalue weighted by Crippen LogP contribution is -2.53. The third-order valence-corrected chi connectivity index (χ3v) is 9.99. The highest BCUT2D eigenvalue weighted by atomic mass is 32.2. The number of aryl methyl sites for hydroxylation is 1. The second kappa shape index (κ2) is 22.2. The van der Waals surface area contributed by atoms with Crippen LogP contribution in [0.15, 0.2) is 24.3 Å². The van der Waals surface area contributed by atoms with E-state index in [2.05, 4.69) is 65.6 Å². The van der Waals surface area contributed by atoms with Crippen molar-refractivity contribution in [2.45, 2.75) is 96.2 Å². The highest BCUT2D eigenvalue weighted by Crippen LogP contribution is 2.33. The fourth-order valence-corrected chi connectivity index (χ4v) is 6.94. The molecular formula is C34H61N7O3S. The minimum Gasteiger partial charge on any atom is -0.383 e. The van der Waals surface area contributed by atoms with Gasteiger partial charge >= 0.3 is 0 Å². The Hall–Kier alpha value is -2.34. The fraction of sp³-hybridized carbons (Fsp3) is 0.735. The summed E-state index contributed by atoms with van der Waals surface area (Å²) in [5.74, 6) is -0.0844. The zero-order chi connectivity index (χ0) is 33.0. The topological polar surface area (TPSA) is 123 Å². The number of hydrogen-bond acceptors (Lipinski definition) is 8. The van der Waals surface area contributed by atoms with Crippen molar-refractivity contribution < 1.29 is 14.4 Å². The number of amides is 3. The quantitative estimate of drug-likeness (QED) is 0.135. The van der Waals surface area contributed by atoms with E-state index in [0.29, 0.717) is 32.6 Å². The van der Waals surface area contributed by atoms with Crippen LogP contribution in [-0.4, -0.2) is 115 Å². The summed E-state index contributed by atoms with van der Waals surface area (Å²) in [6.07, 6.45) is 6.77.